The molecule has 1 aromatic heterocycles. The van der Waals surface area contributed by atoms with Gasteiger partial charge in [-0.05, 0) is 38.3 Å². The van der Waals surface area contributed by atoms with Gasteiger partial charge in [-0.25, -0.2) is 4.68 Å². The molecule has 1 N–H and O–H groups in total. The Morgan fingerprint density at radius 1 is 1.38 bits per heavy atom. The number of ether oxygens (including phenoxy) is 1. The van der Waals surface area contributed by atoms with Crippen molar-refractivity contribution in [3.8, 4) is 5.69 Å². The van der Waals surface area contributed by atoms with Gasteiger partial charge in [0.2, 0.25) is 0 Å². The second kappa shape index (κ2) is 7.62. The summed E-state index contributed by atoms with van der Waals surface area (Å²) < 4.78 is 7.45. The number of rotatable bonds is 6. The first-order valence-corrected chi connectivity index (χ1v) is 8.74. The lowest BCUT2D eigenvalue weighted by Crippen LogP contribution is -2.32. The molecule has 1 aliphatic heterocycles. The maximum atomic E-state index is 12.7. The van der Waals surface area contributed by atoms with Crippen molar-refractivity contribution in [2.75, 3.05) is 13.2 Å². The summed E-state index contributed by atoms with van der Waals surface area (Å²) in [5.74, 6) is -0.0476. The second-order valence-electron chi connectivity index (χ2n) is 6.25. The van der Waals surface area contributed by atoms with E-state index in [1.807, 2.05) is 41.9 Å². The Labute approximate surface area is 143 Å². The van der Waals surface area contributed by atoms with Crippen molar-refractivity contribution in [1.29, 1.82) is 0 Å². The lowest BCUT2D eigenvalue weighted by molar-refractivity contribution is 0.0856. The van der Waals surface area contributed by atoms with Crippen LogP contribution in [-0.4, -0.2) is 34.9 Å². The van der Waals surface area contributed by atoms with E-state index in [2.05, 4.69) is 12.2 Å². The molecule has 3 rings (SSSR count). The summed E-state index contributed by atoms with van der Waals surface area (Å²) >= 11 is 0. The SMILES string of the molecule is CCCc1nn(-c2ccccc2)c(C)c1C(=O)NCC1CCCO1. The predicted octanol–water partition coefficient (Wildman–Crippen LogP) is 3.04. The lowest BCUT2D eigenvalue weighted by Gasteiger charge is -2.11. The molecule has 1 aromatic carbocycles. The van der Waals surface area contributed by atoms with E-state index in [-0.39, 0.29) is 12.0 Å². The molecule has 1 atom stereocenters. The van der Waals surface area contributed by atoms with Crippen LogP contribution < -0.4 is 5.32 Å². The van der Waals surface area contributed by atoms with Gasteiger partial charge in [-0.1, -0.05) is 31.5 Å². The van der Waals surface area contributed by atoms with E-state index in [0.717, 1.165) is 49.4 Å². The number of carbonyl (C=O) groups excluding carboxylic acids is 1. The van der Waals surface area contributed by atoms with Crippen LogP contribution in [0.4, 0.5) is 0 Å². The Morgan fingerprint density at radius 3 is 2.83 bits per heavy atom. The lowest BCUT2D eigenvalue weighted by atomic mass is 10.1. The zero-order valence-electron chi connectivity index (χ0n) is 14.4. The molecule has 0 aliphatic carbocycles. The van der Waals surface area contributed by atoms with E-state index in [1.165, 1.54) is 0 Å². The molecular formula is C19H25N3O2. The van der Waals surface area contributed by atoms with Crippen LogP contribution in [0.2, 0.25) is 0 Å². The fourth-order valence-corrected chi connectivity index (χ4v) is 3.19. The van der Waals surface area contributed by atoms with Crippen LogP contribution in [0, 0.1) is 6.92 Å². The van der Waals surface area contributed by atoms with E-state index in [1.54, 1.807) is 0 Å². The summed E-state index contributed by atoms with van der Waals surface area (Å²) in [4.78, 5) is 12.7. The Balaban J connectivity index is 1.84. The second-order valence-corrected chi connectivity index (χ2v) is 6.25. The number of para-hydroxylation sites is 1. The van der Waals surface area contributed by atoms with Gasteiger partial charge < -0.3 is 10.1 Å². The highest BCUT2D eigenvalue weighted by Gasteiger charge is 2.23. The van der Waals surface area contributed by atoms with Crippen LogP contribution in [0.15, 0.2) is 30.3 Å². The van der Waals surface area contributed by atoms with Gasteiger partial charge in [0, 0.05) is 13.2 Å². The molecule has 0 saturated carbocycles. The van der Waals surface area contributed by atoms with Crippen molar-refractivity contribution in [2.45, 2.75) is 45.6 Å². The van der Waals surface area contributed by atoms with Gasteiger partial charge in [-0.3, -0.25) is 4.79 Å². The van der Waals surface area contributed by atoms with Gasteiger partial charge in [0.1, 0.15) is 0 Å². The molecular weight excluding hydrogens is 302 g/mol. The minimum Gasteiger partial charge on any atom is -0.376 e. The Bertz CT molecular complexity index is 688. The summed E-state index contributed by atoms with van der Waals surface area (Å²) in [6, 6.07) is 9.94. The van der Waals surface area contributed by atoms with Crippen LogP contribution in [0.25, 0.3) is 5.69 Å². The van der Waals surface area contributed by atoms with Crippen molar-refractivity contribution in [3.05, 3.63) is 47.3 Å². The standard InChI is InChI=1S/C19H25N3O2/c1-3-8-17-18(19(23)20-13-16-11-7-12-24-16)14(2)22(21-17)15-9-5-4-6-10-15/h4-6,9-10,16H,3,7-8,11-13H2,1-2H3,(H,20,23). The quantitative estimate of drug-likeness (QED) is 0.887. The third kappa shape index (κ3) is 3.51. The van der Waals surface area contributed by atoms with E-state index < -0.39 is 0 Å². The van der Waals surface area contributed by atoms with Crippen LogP contribution in [-0.2, 0) is 11.2 Å². The van der Waals surface area contributed by atoms with Gasteiger partial charge in [0.15, 0.2) is 0 Å². The number of amides is 1. The van der Waals surface area contributed by atoms with Gasteiger partial charge >= 0.3 is 0 Å². The number of nitrogens with zero attached hydrogens (tertiary/aromatic N) is 2. The van der Waals surface area contributed by atoms with E-state index >= 15 is 0 Å². The van der Waals surface area contributed by atoms with Crippen LogP contribution in [0.1, 0.15) is 47.9 Å². The minimum atomic E-state index is -0.0476. The number of benzene rings is 1. The van der Waals surface area contributed by atoms with Crippen LogP contribution in [0.5, 0.6) is 0 Å². The van der Waals surface area contributed by atoms with E-state index in [0.29, 0.717) is 12.1 Å². The normalized spacial score (nSPS) is 17.2. The fourth-order valence-electron chi connectivity index (χ4n) is 3.19. The molecule has 5 nitrogen and oxygen atoms in total. The topological polar surface area (TPSA) is 56.2 Å². The first-order chi connectivity index (χ1) is 11.7. The van der Waals surface area contributed by atoms with Crippen molar-refractivity contribution >= 4 is 5.91 Å². The van der Waals surface area contributed by atoms with Crippen molar-refractivity contribution in [1.82, 2.24) is 15.1 Å². The Kier molecular flexibility index (Phi) is 5.30. The highest BCUT2D eigenvalue weighted by molar-refractivity contribution is 5.96. The molecule has 2 aromatic rings. The van der Waals surface area contributed by atoms with E-state index in [9.17, 15) is 4.79 Å². The highest BCUT2D eigenvalue weighted by atomic mass is 16.5. The van der Waals surface area contributed by atoms with E-state index in [4.69, 9.17) is 9.84 Å². The smallest absolute Gasteiger partial charge is 0.255 e. The van der Waals surface area contributed by atoms with Crippen molar-refractivity contribution in [2.24, 2.45) is 0 Å². The van der Waals surface area contributed by atoms with Crippen molar-refractivity contribution in [3.63, 3.8) is 0 Å². The van der Waals surface area contributed by atoms with Gasteiger partial charge in [-0.2, -0.15) is 5.10 Å². The van der Waals surface area contributed by atoms with Gasteiger partial charge in [-0.15, -0.1) is 0 Å². The maximum Gasteiger partial charge on any atom is 0.255 e. The predicted molar refractivity (Wildman–Crippen MR) is 93.6 cm³/mol. The first kappa shape index (κ1) is 16.7. The van der Waals surface area contributed by atoms with Crippen molar-refractivity contribution < 1.29 is 9.53 Å². The number of carbonyl (C=O) groups is 1. The average molecular weight is 327 g/mol. The largest absolute Gasteiger partial charge is 0.376 e. The Morgan fingerprint density at radius 2 is 2.17 bits per heavy atom. The molecule has 0 spiro atoms. The summed E-state index contributed by atoms with van der Waals surface area (Å²) in [6.45, 7) is 5.43. The molecule has 24 heavy (non-hydrogen) atoms. The molecule has 1 fully saturated rings. The number of aryl methyl sites for hydroxylation is 1. The third-order valence-corrected chi connectivity index (χ3v) is 4.42. The number of aromatic nitrogens is 2. The minimum absolute atomic E-state index is 0.0476. The number of nitrogens with one attached hydrogen (secondary N) is 1. The zero-order valence-corrected chi connectivity index (χ0v) is 14.4. The molecule has 0 bridgehead atoms. The molecule has 5 heteroatoms. The molecule has 1 unspecified atom stereocenters. The number of hydrogen-bond acceptors (Lipinski definition) is 3. The number of hydrogen-bond donors (Lipinski definition) is 1. The fraction of sp³-hybridized carbons (Fsp3) is 0.474. The van der Waals surface area contributed by atoms with Crippen LogP contribution in [0.3, 0.4) is 0 Å². The summed E-state index contributed by atoms with van der Waals surface area (Å²) in [5, 5.41) is 7.72. The molecule has 128 valence electrons. The summed E-state index contributed by atoms with van der Waals surface area (Å²) in [7, 11) is 0. The average Bonchev–Trinajstić information content (AvgIpc) is 3.22. The highest BCUT2D eigenvalue weighted by Crippen LogP contribution is 2.20. The van der Waals surface area contributed by atoms with Gasteiger partial charge in [0.05, 0.1) is 28.7 Å². The molecule has 1 saturated heterocycles. The molecule has 1 amide bonds. The molecule has 0 radical (unpaired) electrons. The molecule has 1 aliphatic rings. The van der Waals surface area contributed by atoms with Crippen LogP contribution >= 0.6 is 0 Å². The summed E-state index contributed by atoms with van der Waals surface area (Å²) in [5.41, 5.74) is 3.43. The first-order valence-electron chi connectivity index (χ1n) is 8.74. The summed E-state index contributed by atoms with van der Waals surface area (Å²) in [6.07, 6.45) is 3.99. The third-order valence-electron chi connectivity index (χ3n) is 4.42. The maximum absolute atomic E-state index is 12.7. The Hall–Kier alpha value is -2.14. The monoisotopic (exact) mass is 327 g/mol. The van der Waals surface area contributed by atoms with Gasteiger partial charge in [0.25, 0.3) is 5.91 Å². The molecule has 2 heterocycles. The zero-order chi connectivity index (χ0) is 16.9.